The van der Waals surface area contributed by atoms with E-state index >= 15 is 0 Å². The third-order valence-corrected chi connectivity index (χ3v) is 2.39. The summed E-state index contributed by atoms with van der Waals surface area (Å²) in [4.78, 5) is 8.65. The molecule has 2 nitrogen and oxygen atoms in total. The van der Waals surface area contributed by atoms with Gasteiger partial charge in [0.15, 0.2) is 0 Å². The maximum absolute atomic E-state index is 4.46. The fourth-order valence-corrected chi connectivity index (χ4v) is 1.71. The van der Waals surface area contributed by atoms with Gasteiger partial charge in [-0.05, 0) is 44.0 Å². The van der Waals surface area contributed by atoms with Gasteiger partial charge in [0.25, 0.3) is 0 Å². The summed E-state index contributed by atoms with van der Waals surface area (Å²) in [6, 6.07) is 6.21. The van der Waals surface area contributed by atoms with E-state index < -0.39 is 0 Å². The van der Waals surface area contributed by atoms with Gasteiger partial charge >= 0.3 is 0 Å². The normalized spacial score (nSPS) is 10.3. The van der Waals surface area contributed by atoms with Crippen molar-refractivity contribution in [1.82, 2.24) is 9.97 Å². The molecule has 0 saturated heterocycles. The molecule has 2 aromatic heterocycles. The molecular weight excluding hydrogens is 184 g/mol. The zero-order valence-corrected chi connectivity index (χ0v) is 9.28. The molecule has 2 heterocycles. The topological polar surface area (TPSA) is 25.8 Å². The van der Waals surface area contributed by atoms with Gasteiger partial charge in [0, 0.05) is 23.7 Å². The number of rotatable bonds is 1. The Morgan fingerprint density at radius 3 is 2.47 bits per heavy atom. The molecule has 0 aliphatic rings. The van der Waals surface area contributed by atoms with Crippen molar-refractivity contribution in [3.63, 3.8) is 0 Å². The highest BCUT2D eigenvalue weighted by Crippen LogP contribution is 2.21. The van der Waals surface area contributed by atoms with Gasteiger partial charge < -0.3 is 0 Å². The Hall–Kier alpha value is -1.70. The maximum atomic E-state index is 4.46. The molecule has 0 aliphatic heterocycles. The van der Waals surface area contributed by atoms with Crippen LogP contribution in [0.4, 0.5) is 0 Å². The Balaban J connectivity index is 2.54. The van der Waals surface area contributed by atoms with Crippen LogP contribution in [0, 0.1) is 20.8 Å². The zero-order valence-electron chi connectivity index (χ0n) is 9.28. The first-order valence-corrected chi connectivity index (χ1v) is 5.03. The van der Waals surface area contributed by atoms with Crippen molar-refractivity contribution in [2.24, 2.45) is 0 Å². The molecular formula is C13H14N2. The minimum Gasteiger partial charge on any atom is -0.262 e. The molecule has 2 rings (SSSR count). The summed E-state index contributed by atoms with van der Waals surface area (Å²) in [6.07, 6.45) is 3.73. The maximum Gasteiger partial charge on any atom is 0.0732 e. The Morgan fingerprint density at radius 1 is 1.00 bits per heavy atom. The fraction of sp³-hybridized carbons (Fsp3) is 0.231. The molecule has 0 aromatic carbocycles. The van der Waals surface area contributed by atoms with E-state index in [0.29, 0.717) is 0 Å². The lowest BCUT2D eigenvalue weighted by atomic mass is 10.1. The second kappa shape index (κ2) is 3.81. The van der Waals surface area contributed by atoms with Crippen LogP contribution in [0.3, 0.4) is 0 Å². The van der Waals surface area contributed by atoms with E-state index in [0.717, 1.165) is 17.0 Å². The monoisotopic (exact) mass is 198 g/mol. The molecule has 76 valence electrons. The third kappa shape index (κ3) is 2.04. The smallest absolute Gasteiger partial charge is 0.0732 e. The SMILES string of the molecule is Cc1cnc(-c2ccnc(C)c2)c(C)c1. The summed E-state index contributed by atoms with van der Waals surface area (Å²) in [7, 11) is 0. The summed E-state index contributed by atoms with van der Waals surface area (Å²) in [6.45, 7) is 6.14. The van der Waals surface area contributed by atoms with Crippen molar-refractivity contribution in [1.29, 1.82) is 0 Å². The fourth-order valence-electron chi connectivity index (χ4n) is 1.71. The van der Waals surface area contributed by atoms with Crippen molar-refractivity contribution in [2.75, 3.05) is 0 Å². The van der Waals surface area contributed by atoms with E-state index in [9.17, 15) is 0 Å². The Bertz CT molecular complexity index is 490. The van der Waals surface area contributed by atoms with Crippen LogP contribution in [0.1, 0.15) is 16.8 Å². The highest BCUT2D eigenvalue weighted by Gasteiger charge is 2.03. The minimum absolute atomic E-state index is 1.02. The van der Waals surface area contributed by atoms with E-state index in [1.165, 1.54) is 11.1 Å². The number of nitrogens with zero attached hydrogens (tertiary/aromatic N) is 2. The predicted molar refractivity (Wildman–Crippen MR) is 61.7 cm³/mol. The average Bonchev–Trinajstić information content (AvgIpc) is 2.17. The first kappa shape index (κ1) is 9.84. The number of hydrogen-bond acceptors (Lipinski definition) is 2. The van der Waals surface area contributed by atoms with Crippen molar-refractivity contribution in [2.45, 2.75) is 20.8 Å². The van der Waals surface area contributed by atoms with Gasteiger partial charge in [0.2, 0.25) is 0 Å². The zero-order chi connectivity index (χ0) is 10.8. The van der Waals surface area contributed by atoms with Crippen molar-refractivity contribution < 1.29 is 0 Å². The summed E-state index contributed by atoms with van der Waals surface area (Å²) in [5, 5.41) is 0. The molecule has 2 aromatic rings. The van der Waals surface area contributed by atoms with Crippen molar-refractivity contribution in [3.05, 3.63) is 47.4 Å². The van der Waals surface area contributed by atoms with Crippen LogP contribution in [-0.2, 0) is 0 Å². The lowest BCUT2D eigenvalue weighted by Gasteiger charge is -2.06. The summed E-state index contributed by atoms with van der Waals surface area (Å²) >= 11 is 0. The molecule has 0 amide bonds. The Morgan fingerprint density at radius 2 is 1.80 bits per heavy atom. The van der Waals surface area contributed by atoms with Crippen LogP contribution in [0.25, 0.3) is 11.3 Å². The molecule has 0 atom stereocenters. The summed E-state index contributed by atoms with van der Waals surface area (Å²) < 4.78 is 0. The quantitative estimate of drug-likeness (QED) is 0.703. The number of aromatic nitrogens is 2. The Kier molecular flexibility index (Phi) is 2.50. The third-order valence-electron chi connectivity index (χ3n) is 2.39. The molecule has 15 heavy (non-hydrogen) atoms. The van der Waals surface area contributed by atoms with E-state index in [-0.39, 0.29) is 0 Å². The molecule has 0 saturated carbocycles. The van der Waals surface area contributed by atoms with E-state index in [4.69, 9.17) is 0 Å². The van der Waals surface area contributed by atoms with Gasteiger partial charge in [-0.25, -0.2) is 0 Å². The molecule has 2 heteroatoms. The van der Waals surface area contributed by atoms with Crippen LogP contribution in [-0.4, -0.2) is 9.97 Å². The van der Waals surface area contributed by atoms with Gasteiger partial charge in [-0.2, -0.15) is 0 Å². The van der Waals surface area contributed by atoms with Gasteiger partial charge in [0.05, 0.1) is 5.69 Å². The second-order valence-electron chi connectivity index (χ2n) is 3.86. The lowest BCUT2D eigenvalue weighted by Crippen LogP contribution is -1.90. The molecule has 0 N–H and O–H groups in total. The van der Waals surface area contributed by atoms with Crippen LogP contribution >= 0.6 is 0 Å². The summed E-state index contributed by atoms with van der Waals surface area (Å²) in [5.41, 5.74) is 5.61. The highest BCUT2D eigenvalue weighted by atomic mass is 14.7. The Labute approximate surface area is 90.0 Å². The van der Waals surface area contributed by atoms with Gasteiger partial charge in [-0.1, -0.05) is 6.07 Å². The van der Waals surface area contributed by atoms with E-state index in [1.807, 2.05) is 25.4 Å². The van der Waals surface area contributed by atoms with Crippen molar-refractivity contribution >= 4 is 0 Å². The first-order valence-electron chi connectivity index (χ1n) is 5.03. The largest absolute Gasteiger partial charge is 0.262 e. The molecule has 0 unspecified atom stereocenters. The minimum atomic E-state index is 1.02. The highest BCUT2D eigenvalue weighted by molar-refractivity contribution is 5.62. The average molecular weight is 198 g/mol. The molecule has 0 fully saturated rings. The van der Waals surface area contributed by atoms with Crippen LogP contribution in [0.2, 0.25) is 0 Å². The van der Waals surface area contributed by atoms with Gasteiger partial charge in [0.1, 0.15) is 0 Å². The number of pyridine rings is 2. The number of aryl methyl sites for hydroxylation is 3. The molecule has 0 bridgehead atoms. The van der Waals surface area contributed by atoms with E-state index in [1.54, 1.807) is 0 Å². The van der Waals surface area contributed by atoms with E-state index in [2.05, 4.69) is 35.9 Å². The van der Waals surface area contributed by atoms with Gasteiger partial charge in [-0.15, -0.1) is 0 Å². The predicted octanol–water partition coefficient (Wildman–Crippen LogP) is 3.07. The molecule has 0 radical (unpaired) electrons. The molecule has 0 spiro atoms. The second-order valence-corrected chi connectivity index (χ2v) is 3.86. The summed E-state index contributed by atoms with van der Waals surface area (Å²) in [5.74, 6) is 0. The molecule has 0 aliphatic carbocycles. The first-order chi connectivity index (χ1) is 7.16. The van der Waals surface area contributed by atoms with Gasteiger partial charge in [-0.3, -0.25) is 9.97 Å². The van der Waals surface area contributed by atoms with Crippen LogP contribution in [0.5, 0.6) is 0 Å². The van der Waals surface area contributed by atoms with Crippen LogP contribution in [0.15, 0.2) is 30.6 Å². The standard InChI is InChI=1S/C13H14N2/c1-9-6-10(2)13(15-8-9)12-4-5-14-11(3)7-12/h4-8H,1-3H3. The number of hydrogen-bond donors (Lipinski definition) is 0. The van der Waals surface area contributed by atoms with Crippen molar-refractivity contribution in [3.8, 4) is 11.3 Å². The lowest BCUT2D eigenvalue weighted by molar-refractivity contribution is 1.18. The van der Waals surface area contributed by atoms with Crippen LogP contribution < -0.4 is 0 Å².